The molecular formula is C32H35FN4O5. The van der Waals surface area contributed by atoms with Gasteiger partial charge in [0.2, 0.25) is 5.91 Å². The minimum absolute atomic E-state index is 0.0602. The number of ether oxygens (including phenoxy) is 1. The molecule has 2 N–H and O–H groups in total. The van der Waals surface area contributed by atoms with Crippen molar-refractivity contribution in [3.8, 4) is 5.75 Å². The topological polar surface area (TPSA) is 112 Å². The Kier molecular flexibility index (Phi) is 9.37. The number of aromatic nitrogens is 1. The van der Waals surface area contributed by atoms with E-state index < -0.39 is 23.8 Å². The summed E-state index contributed by atoms with van der Waals surface area (Å²) >= 11 is 0. The second-order valence-electron chi connectivity index (χ2n) is 10.6. The van der Waals surface area contributed by atoms with Crippen molar-refractivity contribution < 1.29 is 28.6 Å². The molecule has 0 unspecified atom stereocenters. The predicted octanol–water partition coefficient (Wildman–Crippen LogP) is 4.94. The number of anilines is 1. The van der Waals surface area contributed by atoms with E-state index >= 15 is 0 Å². The first kappa shape index (κ1) is 30.4. The number of hydrogen-bond acceptors (Lipinski definition) is 6. The zero-order valence-corrected chi connectivity index (χ0v) is 24.2. The van der Waals surface area contributed by atoms with Crippen molar-refractivity contribution in [3.63, 3.8) is 0 Å². The van der Waals surface area contributed by atoms with Gasteiger partial charge in [-0.05, 0) is 80.3 Å². The standard InChI is InChI=1S/C32H35FN4O5/c1-6-29(38)37-13-12-36(17-22(37)5)18-28(23-10-9-19(2)26(33)15-23)42-27-14-21(4)24(16-25(27)32(40)41)31(39)35-30-20(3)8-7-11-34-30/h6-11,14-16,22,28H,1,12-13,17-18H2,2-5H3,(H,40,41)(H,34,35,39)/t22-,28-/m1/s1. The fraction of sp³-hybridized carbons (Fsp3) is 0.312. The van der Waals surface area contributed by atoms with Gasteiger partial charge in [0, 0.05) is 44.0 Å². The highest BCUT2D eigenvalue weighted by molar-refractivity contribution is 6.07. The van der Waals surface area contributed by atoms with Gasteiger partial charge in [-0.2, -0.15) is 0 Å². The number of nitrogens with zero attached hydrogens (tertiary/aromatic N) is 3. The van der Waals surface area contributed by atoms with Gasteiger partial charge in [-0.25, -0.2) is 14.2 Å². The Morgan fingerprint density at radius 2 is 1.88 bits per heavy atom. The molecule has 42 heavy (non-hydrogen) atoms. The van der Waals surface area contributed by atoms with Crippen molar-refractivity contribution >= 4 is 23.6 Å². The molecule has 0 aliphatic carbocycles. The number of carboxylic acids is 1. The fourth-order valence-electron chi connectivity index (χ4n) is 5.03. The number of hydrogen-bond donors (Lipinski definition) is 2. The van der Waals surface area contributed by atoms with Crippen molar-refractivity contribution in [2.24, 2.45) is 0 Å². The van der Waals surface area contributed by atoms with Gasteiger partial charge in [-0.3, -0.25) is 14.5 Å². The Hall–Kier alpha value is -4.57. The number of aromatic carboxylic acids is 1. The van der Waals surface area contributed by atoms with Gasteiger partial charge in [0.25, 0.3) is 5.91 Å². The average molecular weight is 575 g/mol. The van der Waals surface area contributed by atoms with Crippen LogP contribution in [0.1, 0.15) is 56.0 Å². The molecule has 2 heterocycles. The molecule has 1 aliphatic rings. The molecule has 1 saturated heterocycles. The van der Waals surface area contributed by atoms with Crippen molar-refractivity contribution in [3.05, 3.63) is 101 Å². The summed E-state index contributed by atoms with van der Waals surface area (Å²) in [6.07, 6.45) is 2.12. The van der Waals surface area contributed by atoms with Crippen LogP contribution in [0.25, 0.3) is 0 Å². The highest BCUT2D eigenvalue weighted by Crippen LogP contribution is 2.31. The SMILES string of the molecule is C=CC(=O)N1CCN(C[C@@H](Oc2cc(C)c(C(=O)Nc3ncccc3C)cc2C(=O)O)c2ccc(C)c(F)c2)C[C@H]1C. The number of carbonyl (C=O) groups excluding carboxylic acids is 2. The smallest absolute Gasteiger partial charge is 0.339 e. The van der Waals surface area contributed by atoms with E-state index in [1.165, 1.54) is 24.3 Å². The molecule has 9 nitrogen and oxygen atoms in total. The average Bonchev–Trinajstić information content (AvgIpc) is 2.95. The number of carboxylic acid groups (broad SMARTS) is 1. The quantitative estimate of drug-likeness (QED) is 0.349. The number of carbonyl (C=O) groups is 3. The van der Waals surface area contributed by atoms with E-state index in [1.807, 2.05) is 6.92 Å². The van der Waals surface area contributed by atoms with E-state index in [2.05, 4.69) is 21.8 Å². The Labute approximate surface area is 244 Å². The second kappa shape index (κ2) is 12.9. The lowest BCUT2D eigenvalue weighted by atomic mass is 10.0. The number of amides is 2. The van der Waals surface area contributed by atoms with Crippen LogP contribution in [0.4, 0.5) is 10.2 Å². The summed E-state index contributed by atoms with van der Waals surface area (Å²) in [7, 11) is 0. The molecule has 0 spiro atoms. The number of piperazine rings is 1. The maximum absolute atomic E-state index is 14.7. The Bertz CT molecular complexity index is 1520. The summed E-state index contributed by atoms with van der Waals surface area (Å²) in [5, 5.41) is 12.8. The van der Waals surface area contributed by atoms with Crippen molar-refractivity contribution in [2.75, 3.05) is 31.5 Å². The second-order valence-corrected chi connectivity index (χ2v) is 10.6. The molecule has 1 fully saturated rings. The number of nitrogens with one attached hydrogen (secondary N) is 1. The predicted molar refractivity (Wildman–Crippen MR) is 157 cm³/mol. The van der Waals surface area contributed by atoms with Gasteiger partial charge in [-0.15, -0.1) is 0 Å². The van der Waals surface area contributed by atoms with Crippen LogP contribution in [-0.2, 0) is 4.79 Å². The molecular weight excluding hydrogens is 539 g/mol. The van der Waals surface area contributed by atoms with E-state index in [-0.39, 0.29) is 28.8 Å². The number of halogens is 1. The van der Waals surface area contributed by atoms with Crippen LogP contribution in [0.5, 0.6) is 5.75 Å². The Balaban J connectivity index is 1.65. The van der Waals surface area contributed by atoms with Gasteiger partial charge in [0.05, 0.1) is 0 Å². The molecule has 3 aromatic rings. The number of rotatable bonds is 9. The third kappa shape index (κ3) is 6.83. The van der Waals surface area contributed by atoms with Gasteiger partial charge in [0.1, 0.15) is 29.1 Å². The minimum Gasteiger partial charge on any atom is -0.483 e. The monoisotopic (exact) mass is 574 g/mol. The molecule has 220 valence electrons. The summed E-state index contributed by atoms with van der Waals surface area (Å²) in [4.78, 5) is 45.7. The molecule has 0 bridgehead atoms. The first-order chi connectivity index (χ1) is 20.0. The van der Waals surface area contributed by atoms with Gasteiger partial charge in [-0.1, -0.05) is 24.8 Å². The lowest BCUT2D eigenvalue weighted by Crippen LogP contribution is -2.54. The molecule has 0 radical (unpaired) electrons. The molecule has 2 amide bonds. The minimum atomic E-state index is -1.27. The Morgan fingerprint density at radius 1 is 1.12 bits per heavy atom. The van der Waals surface area contributed by atoms with E-state index in [9.17, 15) is 23.9 Å². The molecule has 2 aromatic carbocycles. The van der Waals surface area contributed by atoms with Gasteiger partial charge >= 0.3 is 5.97 Å². The van der Waals surface area contributed by atoms with Crippen molar-refractivity contribution in [1.82, 2.24) is 14.8 Å². The highest BCUT2D eigenvalue weighted by Gasteiger charge is 2.30. The molecule has 1 aliphatic heterocycles. The van der Waals surface area contributed by atoms with Crippen LogP contribution in [0, 0.1) is 26.6 Å². The molecule has 2 atom stereocenters. The molecule has 1 aromatic heterocycles. The van der Waals surface area contributed by atoms with Gasteiger partial charge < -0.3 is 20.1 Å². The first-order valence-corrected chi connectivity index (χ1v) is 13.7. The van der Waals surface area contributed by atoms with Gasteiger partial charge in [0.15, 0.2) is 0 Å². The maximum atomic E-state index is 14.7. The van der Waals surface area contributed by atoms with E-state index in [0.717, 1.165) is 5.56 Å². The lowest BCUT2D eigenvalue weighted by molar-refractivity contribution is -0.130. The van der Waals surface area contributed by atoms with Crippen LogP contribution in [0.15, 0.2) is 61.3 Å². The lowest BCUT2D eigenvalue weighted by Gasteiger charge is -2.40. The number of benzene rings is 2. The van der Waals surface area contributed by atoms with Crippen molar-refractivity contribution in [1.29, 1.82) is 0 Å². The number of aryl methyl sites for hydroxylation is 3. The van der Waals surface area contributed by atoms with E-state index in [0.29, 0.717) is 48.7 Å². The summed E-state index contributed by atoms with van der Waals surface area (Å²) in [5.41, 5.74) is 2.25. The van der Waals surface area contributed by atoms with E-state index in [1.54, 1.807) is 56.1 Å². The molecule has 0 saturated carbocycles. The first-order valence-electron chi connectivity index (χ1n) is 13.7. The summed E-state index contributed by atoms with van der Waals surface area (Å²) in [6, 6.07) is 11.1. The third-order valence-electron chi connectivity index (χ3n) is 7.47. The largest absolute Gasteiger partial charge is 0.483 e. The fourth-order valence-corrected chi connectivity index (χ4v) is 5.03. The normalized spacial score (nSPS) is 16.0. The summed E-state index contributed by atoms with van der Waals surface area (Å²) in [5.74, 6) is -1.87. The molecule has 10 heteroatoms. The van der Waals surface area contributed by atoms with E-state index in [4.69, 9.17) is 4.74 Å². The van der Waals surface area contributed by atoms with Crippen LogP contribution in [0.3, 0.4) is 0 Å². The third-order valence-corrected chi connectivity index (χ3v) is 7.47. The maximum Gasteiger partial charge on any atom is 0.339 e. The molecule has 4 rings (SSSR count). The Morgan fingerprint density at radius 3 is 2.52 bits per heavy atom. The number of pyridine rings is 1. The van der Waals surface area contributed by atoms with Crippen molar-refractivity contribution in [2.45, 2.75) is 39.8 Å². The van der Waals surface area contributed by atoms with Crippen LogP contribution in [-0.4, -0.2) is 69.9 Å². The van der Waals surface area contributed by atoms with Crippen LogP contribution < -0.4 is 10.1 Å². The summed E-state index contributed by atoms with van der Waals surface area (Å²) < 4.78 is 21.0. The highest BCUT2D eigenvalue weighted by atomic mass is 19.1. The van der Waals surface area contributed by atoms with Crippen LogP contribution in [0.2, 0.25) is 0 Å². The zero-order valence-electron chi connectivity index (χ0n) is 24.2. The van der Waals surface area contributed by atoms with Crippen LogP contribution >= 0.6 is 0 Å². The summed E-state index contributed by atoms with van der Waals surface area (Å²) in [6.45, 7) is 12.6. The zero-order chi connectivity index (χ0) is 30.6.